The third-order valence-corrected chi connectivity index (χ3v) is 20.5. The zero-order valence-electron chi connectivity index (χ0n) is 71.4. The van der Waals surface area contributed by atoms with E-state index in [9.17, 15) is 50.0 Å². The van der Waals surface area contributed by atoms with Crippen LogP contribution in [0.3, 0.4) is 0 Å². The first-order valence-corrected chi connectivity index (χ1v) is 40.5. The zero-order valence-corrected chi connectivity index (χ0v) is 77.4. The lowest BCUT2D eigenvalue weighted by atomic mass is 10.1. The van der Waals surface area contributed by atoms with Crippen LogP contribution in [0.25, 0.3) is 84.3 Å². The molecule has 0 bridgehead atoms. The molecule has 8 aromatic heterocycles. The molecule has 0 unspecified atom stereocenters. The number of aromatic nitrogens is 8. The Kier molecular flexibility index (Phi) is 41.0. The number of amides is 2. The quantitative estimate of drug-likeness (QED) is 0.0280. The van der Waals surface area contributed by atoms with Gasteiger partial charge in [0.2, 0.25) is 34.1 Å². The first-order valence-electron chi connectivity index (χ1n) is 40.1. The van der Waals surface area contributed by atoms with E-state index in [1.807, 2.05) is 216 Å². The summed E-state index contributed by atoms with van der Waals surface area (Å²) in [6, 6.07) is 109. The van der Waals surface area contributed by atoms with Crippen LogP contribution in [-0.4, -0.2) is 36.5 Å². The van der Waals surface area contributed by atoms with Gasteiger partial charge in [0.25, 0.3) is 34.6 Å². The number of halogens is 8. The van der Waals surface area contributed by atoms with Crippen LogP contribution in [0.4, 0.5) is 45.5 Å². The molecule has 34 heteroatoms. The molecule has 0 fully saturated rings. The Bertz CT molecular complexity index is 6860. The van der Waals surface area contributed by atoms with Gasteiger partial charge in [-0.1, -0.05) is 84.4 Å². The number of nitrogens with zero attached hydrogens (tertiary/aromatic N) is 12. The normalized spacial score (nSPS) is 9.89. The summed E-state index contributed by atoms with van der Waals surface area (Å²) in [6.07, 6.45) is 31.6. The Balaban J connectivity index is 0.000000252. The van der Waals surface area contributed by atoms with Crippen LogP contribution in [0.2, 0.25) is 5.02 Å². The van der Waals surface area contributed by atoms with Crippen molar-refractivity contribution in [1.29, 1.82) is 0 Å². The molecule has 0 radical (unpaired) electrons. The fourth-order valence-electron chi connectivity index (χ4n) is 13.3. The standard InChI is InChI=1S/C45H34N5O.C22H16N4O4.C16H13N2.C13H13N3O.C6H3ClN2O4.7ClH/c51-45(39-11-15-43(16-12-39)49-31-23-37(24-32-49)35-19-27-47(28-20-35)41-7-3-1-4-8-41)46-40-13-17-44(18-14-40)50-33-25-38(26-34-50)36-21-29-48(30-22-36)42-9-5-2-6-10-42;27-25(28)20-6-7-21(22(16-20)26(29)30)24-14-10-18(11-15-24)17-8-12-23(13-9-17)19-4-2-1-3-5-19;1-2-4-16(5-3-1)18-12-8-15(9-13-18)14-6-10-17-11-7-14;14-10-3-1-9(2-4-10)13(17)16-12-7-5-11(15)6-8-12;7-5-2-1-4(8(10)11)3-6(5)9(12)13;;;;;;;/h1-34H;1-16H;1-13H;1-8H,14-15H2,(H,16,17);1-3H;7*1H/q+3;+2;+1;;;;;;;;;/p-6. The molecule has 6 N–H and O–H groups in total. The van der Waals surface area contributed by atoms with Gasteiger partial charge in [0.05, 0.1) is 25.8 Å². The van der Waals surface area contributed by atoms with Gasteiger partial charge in [0.15, 0.2) is 86.8 Å². The number of hydrogen-bond acceptors (Lipinski definition) is 13. The maximum atomic E-state index is 13.1. The minimum atomic E-state index is -0.769. The van der Waals surface area contributed by atoms with E-state index in [0.29, 0.717) is 28.2 Å². The number of carbonyl (C=O) groups is 2. The number of pyridine rings is 8. The van der Waals surface area contributed by atoms with E-state index in [1.165, 1.54) is 28.9 Å². The predicted molar refractivity (Wildman–Crippen MR) is 492 cm³/mol. The minimum Gasteiger partial charge on any atom is -1.00 e. The van der Waals surface area contributed by atoms with Crippen molar-refractivity contribution in [1.82, 2.24) is 4.98 Å². The van der Waals surface area contributed by atoms with Crippen molar-refractivity contribution < 1.29 is 148 Å². The summed E-state index contributed by atoms with van der Waals surface area (Å²) < 4.78 is 14.0. The van der Waals surface area contributed by atoms with E-state index in [4.69, 9.17) is 23.1 Å². The van der Waals surface area contributed by atoms with Crippen LogP contribution >= 0.6 is 11.6 Å². The van der Waals surface area contributed by atoms with Crippen LogP contribution in [0.1, 0.15) is 20.7 Å². The SMILES string of the molecule is Nc1ccc(NC(=O)c2ccc(N)cc2)cc1.O=C(Nc1ccc(-[n+]2ccc(-c3cc[n+](-c4ccccc4)cc3)cc2)cc1)c1ccc(-[n+]2ccc(-c3cc[n+](-c4ccccc4)cc3)cc2)cc1.O=[N+]([O-])c1ccc(-[n+]2ccc(-c3cc[n+](-c4ccccc4)cc3)cc2)c([N+](=O)[O-])c1.O=[N+]([O-])c1ccc(Cl)c([N+](=O)[O-])c1.[Cl-].[Cl-].[Cl-].[Cl-].[Cl-].[Cl-].[Cl-].c1ccc(-[n+]2ccc(-c3ccncc3)cc2)cc1. The molecule has 0 aliphatic carbocycles. The number of nitrogen functional groups attached to an aromatic ring is 2. The number of nitro benzene ring substituents is 4. The van der Waals surface area contributed by atoms with Crippen molar-refractivity contribution >= 4 is 68.9 Å². The molecule has 10 aromatic carbocycles. The molecule has 18 rings (SSSR count). The third-order valence-electron chi connectivity index (χ3n) is 20.2. The first-order chi connectivity index (χ1) is 62.8. The second kappa shape index (κ2) is 52.2. The summed E-state index contributed by atoms with van der Waals surface area (Å²) in [7, 11) is 0. The van der Waals surface area contributed by atoms with Crippen molar-refractivity contribution in [3.05, 3.63) is 508 Å². The van der Waals surface area contributed by atoms with E-state index >= 15 is 0 Å². The van der Waals surface area contributed by atoms with Crippen molar-refractivity contribution in [2.24, 2.45) is 0 Å². The minimum absolute atomic E-state index is 0. The Morgan fingerprint density at radius 1 is 0.265 bits per heavy atom. The van der Waals surface area contributed by atoms with Gasteiger partial charge in [0.1, 0.15) is 11.1 Å². The van der Waals surface area contributed by atoms with Gasteiger partial charge < -0.3 is 109 Å². The average molecular weight is 1970 g/mol. The molecule has 2 amide bonds. The number of non-ortho nitro benzene ring substituents is 2. The lowest BCUT2D eigenvalue weighted by Crippen LogP contribution is -3.00. The first kappa shape index (κ1) is 107. The largest absolute Gasteiger partial charge is 1.00 e. The van der Waals surface area contributed by atoms with E-state index in [-0.39, 0.29) is 126 Å². The fraction of sp³-hybridized carbons (Fsp3) is 0. The number of benzene rings is 10. The topological polar surface area (TPSA) is 323 Å². The summed E-state index contributed by atoms with van der Waals surface area (Å²) >= 11 is 5.43. The van der Waals surface area contributed by atoms with Crippen molar-refractivity contribution in [2.45, 2.75) is 0 Å². The number of nitrogens with two attached hydrogens (primary N) is 2. The summed E-state index contributed by atoms with van der Waals surface area (Å²) in [5.74, 6) is -0.324. The molecule has 136 heavy (non-hydrogen) atoms. The molecule has 0 saturated carbocycles. The Labute approximate surface area is 829 Å². The highest BCUT2D eigenvalue weighted by Crippen LogP contribution is 2.30. The van der Waals surface area contributed by atoms with Crippen molar-refractivity contribution in [2.75, 3.05) is 22.1 Å². The van der Waals surface area contributed by atoms with Crippen LogP contribution in [0.15, 0.2) is 451 Å². The number of carbonyl (C=O) groups excluding carboxylic acids is 2. The van der Waals surface area contributed by atoms with E-state index in [0.717, 1.165) is 91.8 Å². The van der Waals surface area contributed by atoms with Gasteiger partial charge in [-0.25, -0.2) is 0 Å². The smallest absolute Gasteiger partial charge is 0.347 e. The third kappa shape index (κ3) is 28.9. The molecule has 0 aliphatic rings. The van der Waals surface area contributed by atoms with Gasteiger partial charge in [-0.15, -0.1) is 0 Å². The Hall–Kier alpha value is -16.1. The summed E-state index contributed by atoms with van der Waals surface area (Å²) in [5, 5.41) is 48.5. The molecule has 0 aliphatic heterocycles. The molecule has 0 spiro atoms. The molecular formula is C102H80Cl8N16O10. The van der Waals surface area contributed by atoms with Gasteiger partial charge in [-0.3, -0.25) is 55.0 Å². The van der Waals surface area contributed by atoms with Crippen LogP contribution in [0, 0.1) is 40.5 Å². The second-order valence-electron chi connectivity index (χ2n) is 28.6. The van der Waals surface area contributed by atoms with Crippen LogP contribution < -0.4 is 141 Å². The van der Waals surface area contributed by atoms with E-state index in [1.54, 1.807) is 65.5 Å². The van der Waals surface area contributed by atoms with Gasteiger partial charge in [0, 0.05) is 222 Å². The predicted octanol–water partition coefficient (Wildman–Crippen LogP) is -2.58. The average Bonchev–Trinajstić information content (AvgIpc) is 0.806. The van der Waals surface area contributed by atoms with Gasteiger partial charge in [-0.05, 0) is 136 Å². The number of anilines is 4. The highest BCUT2D eigenvalue weighted by Gasteiger charge is 2.27. The maximum Gasteiger partial charge on any atom is 0.347 e. The number of para-hydroxylation sites is 4. The van der Waals surface area contributed by atoms with Crippen molar-refractivity contribution in [3.8, 4) is 84.3 Å². The molecule has 18 aromatic rings. The summed E-state index contributed by atoms with van der Waals surface area (Å²) in [6.45, 7) is 0. The Morgan fingerprint density at radius 2 is 0.500 bits per heavy atom. The fourth-order valence-corrected chi connectivity index (χ4v) is 13.5. The maximum absolute atomic E-state index is 13.1. The number of hydrogen-bond donors (Lipinski definition) is 4. The monoisotopic (exact) mass is 1970 g/mol. The number of rotatable bonds is 19. The lowest BCUT2D eigenvalue weighted by molar-refractivity contribution is -0.600. The Morgan fingerprint density at radius 3 is 0.787 bits per heavy atom. The number of nitrogens with one attached hydrogen (secondary N) is 2. The van der Waals surface area contributed by atoms with Crippen LogP contribution in [0.5, 0.6) is 0 Å². The molecule has 8 heterocycles. The molecular weight excluding hydrogens is 1890 g/mol. The summed E-state index contributed by atoms with van der Waals surface area (Å²) in [4.78, 5) is 69.0. The summed E-state index contributed by atoms with van der Waals surface area (Å²) in [5.41, 5.74) is 29.2. The molecule has 684 valence electrons. The zero-order chi connectivity index (χ0) is 90.0. The highest BCUT2D eigenvalue weighted by atomic mass is 35.5. The molecule has 0 atom stereocenters. The molecule has 0 saturated heterocycles. The number of nitro groups is 4. The molecule has 26 nitrogen and oxygen atoms in total. The van der Waals surface area contributed by atoms with E-state index < -0.39 is 25.4 Å². The second-order valence-corrected chi connectivity index (χ2v) is 29.0. The van der Waals surface area contributed by atoms with E-state index in [2.05, 4.69) is 181 Å². The van der Waals surface area contributed by atoms with Gasteiger partial charge >= 0.3 is 5.69 Å². The van der Waals surface area contributed by atoms with Crippen LogP contribution in [-0.2, 0) is 0 Å². The lowest BCUT2D eigenvalue weighted by Gasteiger charge is -2.06. The van der Waals surface area contributed by atoms with Gasteiger partial charge in [-0.2, -0.15) is 32.0 Å². The highest BCUT2D eigenvalue weighted by molar-refractivity contribution is 6.32. The van der Waals surface area contributed by atoms with Crippen molar-refractivity contribution in [3.63, 3.8) is 0 Å².